The van der Waals surface area contributed by atoms with E-state index in [4.69, 9.17) is 0 Å². The van der Waals surface area contributed by atoms with Crippen LogP contribution in [0.2, 0.25) is 0 Å². The van der Waals surface area contributed by atoms with Crippen LogP contribution in [0, 0.1) is 5.92 Å². The van der Waals surface area contributed by atoms with Crippen LogP contribution in [0.5, 0.6) is 0 Å². The third-order valence-corrected chi connectivity index (χ3v) is 4.46. The fourth-order valence-corrected chi connectivity index (χ4v) is 3.13. The smallest absolute Gasteiger partial charge is 0.0109 e. The van der Waals surface area contributed by atoms with Gasteiger partial charge in [0.2, 0.25) is 0 Å². The SMILES string of the molecule is CC.CCCN(CCC)CCN(C)C1CCC(C)CC1. The molecule has 0 N–H and O–H groups in total. The molecule has 0 unspecified atom stereocenters. The van der Waals surface area contributed by atoms with E-state index >= 15 is 0 Å². The average Bonchev–Trinajstić information content (AvgIpc) is 2.48. The lowest BCUT2D eigenvalue weighted by Crippen LogP contribution is -2.40. The Morgan fingerprint density at radius 1 is 0.800 bits per heavy atom. The van der Waals surface area contributed by atoms with Crippen LogP contribution in [0.3, 0.4) is 0 Å². The standard InChI is InChI=1S/C16H34N2.C2H6/c1-5-11-18(12-6-2)14-13-17(4)16-9-7-15(3)8-10-16;1-2/h15-16H,5-14H2,1-4H3;1-2H3. The van der Waals surface area contributed by atoms with Gasteiger partial charge in [0.05, 0.1) is 0 Å². The summed E-state index contributed by atoms with van der Waals surface area (Å²) in [6.45, 7) is 16.0. The minimum Gasteiger partial charge on any atom is -0.302 e. The first kappa shape index (κ1) is 19.9. The highest BCUT2D eigenvalue weighted by Crippen LogP contribution is 2.26. The minimum absolute atomic E-state index is 0.853. The predicted octanol–water partition coefficient (Wildman–Crippen LogP) is 4.65. The van der Waals surface area contributed by atoms with Gasteiger partial charge in [-0.1, -0.05) is 34.6 Å². The predicted molar refractivity (Wildman–Crippen MR) is 92.4 cm³/mol. The van der Waals surface area contributed by atoms with E-state index < -0.39 is 0 Å². The van der Waals surface area contributed by atoms with Crippen molar-refractivity contribution < 1.29 is 0 Å². The topological polar surface area (TPSA) is 6.48 Å². The Morgan fingerprint density at radius 2 is 1.30 bits per heavy atom. The molecule has 0 bridgehead atoms. The second-order valence-corrected chi connectivity index (χ2v) is 6.24. The van der Waals surface area contributed by atoms with Crippen molar-refractivity contribution in [3.8, 4) is 0 Å². The molecule has 1 aliphatic rings. The van der Waals surface area contributed by atoms with Crippen LogP contribution in [-0.4, -0.2) is 49.1 Å². The fraction of sp³-hybridized carbons (Fsp3) is 1.00. The Morgan fingerprint density at radius 3 is 1.75 bits per heavy atom. The van der Waals surface area contributed by atoms with Crippen molar-refractivity contribution in [2.45, 2.75) is 79.2 Å². The monoisotopic (exact) mass is 284 g/mol. The van der Waals surface area contributed by atoms with Crippen molar-refractivity contribution in [2.24, 2.45) is 5.92 Å². The molecule has 0 atom stereocenters. The third kappa shape index (κ3) is 8.26. The van der Waals surface area contributed by atoms with Gasteiger partial charge in [-0.15, -0.1) is 0 Å². The fourth-order valence-electron chi connectivity index (χ4n) is 3.13. The molecule has 1 fully saturated rings. The van der Waals surface area contributed by atoms with Crippen molar-refractivity contribution in [2.75, 3.05) is 33.2 Å². The molecule has 0 heterocycles. The van der Waals surface area contributed by atoms with Gasteiger partial charge >= 0.3 is 0 Å². The molecular weight excluding hydrogens is 244 g/mol. The summed E-state index contributed by atoms with van der Waals surface area (Å²) in [5, 5.41) is 0. The number of nitrogens with zero attached hydrogens (tertiary/aromatic N) is 2. The van der Waals surface area contributed by atoms with Gasteiger partial charge in [-0.25, -0.2) is 0 Å². The maximum atomic E-state index is 2.63. The number of likely N-dealkylation sites (N-methyl/N-ethyl adjacent to an activating group) is 1. The van der Waals surface area contributed by atoms with Crippen molar-refractivity contribution in [1.29, 1.82) is 0 Å². The van der Waals surface area contributed by atoms with E-state index in [0.29, 0.717) is 0 Å². The van der Waals surface area contributed by atoms with Gasteiger partial charge in [0, 0.05) is 19.1 Å². The van der Waals surface area contributed by atoms with E-state index in [1.807, 2.05) is 13.8 Å². The summed E-state index contributed by atoms with van der Waals surface area (Å²) in [5.74, 6) is 0.964. The van der Waals surface area contributed by atoms with E-state index in [-0.39, 0.29) is 0 Å². The highest BCUT2D eigenvalue weighted by molar-refractivity contribution is 4.77. The molecule has 2 heteroatoms. The number of hydrogen-bond acceptors (Lipinski definition) is 2. The maximum absolute atomic E-state index is 2.63. The van der Waals surface area contributed by atoms with Crippen LogP contribution in [-0.2, 0) is 0 Å². The zero-order valence-electron chi connectivity index (χ0n) is 15.1. The quantitative estimate of drug-likeness (QED) is 0.640. The van der Waals surface area contributed by atoms with Crippen LogP contribution < -0.4 is 0 Å². The summed E-state index contributed by atoms with van der Waals surface area (Å²) in [4.78, 5) is 5.24. The molecule has 122 valence electrons. The van der Waals surface area contributed by atoms with Crippen LogP contribution in [0.1, 0.15) is 73.1 Å². The lowest BCUT2D eigenvalue weighted by molar-refractivity contribution is 0.146. The lowest BCUT2D eigenvalue weighted by atomic mass is 9.87. The highest BCUT2D eigenvalue weighted by atomic mass is 15.2. The Bertz CT molecular complexity index is 192. The van der Waals surface area contributed by atoms with Gasteiger partial charge in [0.1, 0.15) is 0 Å². The Kier molecular flexibility index (Phi) is 12.6. The van der Waals surface area contributed by atoms with Gasteiger partial charge in [-0.3, -0.25) is 0 Å². The molecule has 0 amide bonds. The molecule has 1 saturated carbocycles. The van der Waals surface area contributed by atoms with Crippen LogP contribution in [0.25, 0.3) is 0 Å². The molecule has 2 nitrogen and oxygen atoms in total. The second-order valence-electron chi connectivity index (χ2n) is 6.24. The van der Waals surface area contributed by atoms with E-state index in [2.05, 4.69) is 37.6 Å². The lowest BCUT2D eigenvalue weighted by Gasteiger charge is -2.35. The molecule has 0 aromatic carbocycles. The molecule has 0 saturated heterocycles. The van der Waals surface area contributed by atoms with Gasteiger partial charge in [-0.05, 0) is 64.6 Å². The van der Waals surface area contributed by atoms with E-state index in [9.17, 15) is 0 Å². The molecule has 0 spiro atoms. The first-order valence-electron chi connectivity index (χ1n) is 9.09. The van der Waals surface area contributed by atoms with Crippen molar-refractivity contribution >= 4 is 0 Å². The number of rotatable bonds is 8. The zero-order valence-corrected chi connectivity index (χ0v) is 15.1. The molecule has 1 aliphatic carbocycles. The summed E-state index contributed by atoms with van der Waals surface area (Å²) in [7, 11) is 2.33. The normalized spacial score (nSPS) is 22.8. The van der Waals surface area contributed by atoms with E-state index in [0.717, 1.165) is 12.0 Å². The summed E-state index contributed by atoms with van der Waals surface area (Å²) in [6.07, 6.45) is 8.26. The Hall–Kier alpha value is -0.0800. The molecule has 0 radical (unpaired) electrons. The van der Waals surface area contributed by atoms with Crippen molar-refractivity contribution in [3.63, 3.8) is 0 Å². The first-order valence-corrected chi connectivity index (χ1v) is 9.09. The summed E-state index contributed by atoms with van der Waals surface area (Å²) in [6, 6.07) is 0.853. The van der Waals surface area contributed by atoms with Crippen LogP contribution >= 0.6 is 0 Å². The molecule has 1 rings (SSSR count). The van der Waals surface area contributed by atoms with Gasteiger partial charge in [-0.2, -0.15) is 0 Å². The molecule has 0 aromatic rings. The third-order valence-electron chi connectivity index (χ3n) is 4.46. The Balaban J connectivity index is 0.00000172. The molecule has 0 aromatic heterocycles. The maximum Gasteiger partial charge on any atom is 0.0109 e. The summed E-state index contributed by atoms with van der Waals surface area (Å²) in [5.41, 5.74) is 0. The number of hydrogen-bond donors (Lipinski definition) is 0. The highest BCUT2D eigenvalue weighted by Gasteiger charge is 2.21. The molecule has 20 heavy (non-hydrogen) atoms. The van der Waals surface area contributed by atoms with Gasteiger partial charge in [0.25, 0.3) is 0 Å². The zero-order chi connectivity index (χ0) is 15.4. The minimum atomic E-state index is 0.853. The van der Waals surface area contributed by atoms with Crippen LogP contribution in [0.4, 0.5) is 0 Å². The van der Waals surface area contributed by atoms with Gasteiger partial charge < -0.3 is 9.80 Å². The first-order chi connectivity index (χ1) is 9.67. The largest absolute Gasteiger partial charge is 0.302 e. The average molecular weight is 285 g/mol. The molecular formula is C18H40N2. The summed E-state index contributed by atoms with van der Waals surface area (Å²) >= 11 is 0. The van der Waals surface area contributed by atoms with Crippen molar-refractivity contribution in [1.82, 2.24) is 9.80 Å². The summed E-state index contributed by atoms with van der Waals surface area (Å²) < 4.78 is 0. The van der Waals surface area contributed by atoms with Crippen molar-refractivity contribution in [3.05, 3.63) is 0 Å². The second kappa shape index (κ2) is 12.6. The Labute approximate surface area is 128 Å². The van der Waals surface area contributed by atoms with E-state index in [1.165, 1.54) is 64.7 Å². The molecule has 0 aliphatic heterocycles. The van der Waals surface area contributed by atoms with E-state index in [1.54, 1.807) is 0 Å². The van der Waals surface area contributed by atoms with Crippen LogP contribution in [0.15, 0.2) is 0 Å². The van der Waals surface area contributed by atoms with Gasteiger partial charge in [0.15, 0.2) is 0 Å².